The van der Waals surface area contributed by atoms with Gasteiger partial charge in [-0.25, -0.2) is 4.90 Å². The Bertz CT molecular complexity index is 1540. The molecule has 7 heteroatoms. The van der Waals surface area contributed by atoms with Crippen molar-refractivity contribution >= 4 is 58.7 Å². The molecule has 0 saturated carbocycles. The lowest BCUT2D eigenvalue weighted by molar-refractivity contribution is -0.119. The molecule has 6 rings (SSSR count). The van der Waals surface area contributed by atoms with E-state index in [1.807, 2.05) is 31.4 Å². The number of allylic oxidation sites excluding steroid dienone is 1. The Morgan fingerprint density at radius 3 is 2.54 bits per heavy atom. The third-order valence-electron chi connectivity index (χ3n) is 8.33. The molecule has 2 aliphatic heterocycles. The molecule has 1 aliphatic carbocycles. The zero-order chi connectivity index (χ0) is 26.7. The first kappa shape index (κ1) is 27.2. The molecular weight excluding hydrogens is 508 g/mol. The van der Waals surface area contributed by atoms with Crippen molar-refractivity contribution in [2.45, 2.75) is 59.0 Å². The summed E-state index contributed by atoms with van der Waals surface area (Å²) in [5.74, 6) is -0.209. The zero-order valence-electron chi connectivity index (χ0n) is 23.3. The molecule has 0 bridgehead atoms. The van der Waals surface area contributed by atoms with Gasteiger partial charge in [0.1, 0.15) is 0 Å². The molecule has 1 aromatic carbocycles. The van der Waals surface area contributed by atoms with Crippen LogP contribution in [0.3, 0.4) is 0 Å². The van der Waals surface area contributed by atoms with Gasteiger partial charge in [-0.15, -0.1) is 12.4 Å². The SMILES string of the molecule is CC(C)N(CC1C=Cn2c(c(N3C(=O)C=C(c4cn(C)c5c4C=CCC5)C3=O)c3ccccc32)C1)C(C)C.Cl. The van der Waals surface area contributed by atoms with E-state index in [0.29, 0.717) is 23.6 Å². The molecule has 4 heterocycles. The van der Waals surface area contributed by atoms with Gasteiger partial charge in [0, 0.05) is 72.0 Å². The molecule has 39 heavy (non-hydrogen) atoms. The quantitative estimate of drug-likeness (QED) is 0.353. The molecule has 3 aromatic rings. The summed E-state index contributed by atoms with van der Waals surface area (Å²) in [6.45, 7) is 9.88. The van der Waals surface area contributed by atoms with E-state index in [0.717, 1.165) is 59.2 Å². The fourth-order valence-corrected chi connectivity index (χ4v) is 6.55. The Balaban J connectivity index is 0.00000308. The number of para-hydroxylation sites is 1. The monoisotopic (exact) mass is 544 g/mol. The molecule has 1 unspecified atom stereocenters. The van der Waals surface area contributed by atoms with Crippen LogP contribution in [0.15, 0.2) is 48.7 Å². The fourth-order valence-electron chi connectivity index (χ4n) is 6.55. The van der Waals surface area contributed by atoms with E-state index in [9.17, 15) is 9.59 Å². The van der Waals surface area contributed by atoms with Crippen molar-refractivity contribution in [2.24, 2.45) is 13.0 Å². The van der Waals surface area contributed by atoms with Gasteiger partial charge < -0.3 is 9.13 Å². The Morgan fingerprint density at radius 1 is 1.05 bits per heavy atom. The first-order chi connectivity index (χ1) is 18.3. The van der Waals surface area contributed by atoms with E-state index in [4.69, 9.17) is 0 Å². The van der Waals surface area contributed by atoms with E-state index >= 15 is 0 Å². The van der Waals surface area contributed by atoms with Crippen molar-refractivity contribution in [1.29, 1.82) is 0 Å². The number of fused-ring (bicyclic) bond motifs is 4. The van der Waals surface area contributed by atoms with E-state index in [2.05, 4.69) is 72.2 Å². The molecule has 0 saturated heterocycles. The van der Waals surface area contributed by atoms with Gasteiger partial charge in [-0.3, -0.25) is 14.5 Å². The second-order valence-electron chi connectivity index (χ2n) is 11.4. The first-order valence-electron chi connectivity index (χ1n) is 13.8. The standard InChI is InChI=1S/C32H36N4O2.ClH/c1-20(2)35(21(3)4)18-22-14-15-34-28-13-9-7-11-24(28)31(29(34)16-22)36-30(37)17-25(32(36)38)26-19-33(5)27-12-8-6-10-23(26)27;/h6-7,9-11,13-15,17,19-22H,8,12,16,18H2,1-5H3;1H. The topological polar surface area (TPSA) is 50.5 Å². The summed E-state index contributed by atoms with van der Waals surface area (Å²) in [7, 11) is 2.02. The smallest absolute Gasteiger partial charge is 0.266 e. The summed E-state index contributed by atoms with van der Waals surface area (Å²) < 4.78 is 4.26. The minimum atomic E-state index is -0.265. The Kier molecular flexibility index (Phi) is 7.21. The van der Waals surface area contributed by atoms with Crippen molar-refractivity contribution in [2.75, 3.05) is 11.4 Å². The number of hydrogen-bond acceptors (Lipinski definition) is 3. The normalized spacial score (nSPS) is 18.4. The highest BCUT2D eigenvalue weighted by molar-refractivity contribution is 6.45. The fraction of sp³-hybridized carbons (Fsp3) is 0.375. The van der Waals surface area contributed by atoms with E-state index < -0.39 is 0 Å². The second kappa shape index (κ2) is 10.3. The van der Waals surface area contributed by atoms with Crippen molar-refractivity contribution < 1.29 is 9.59 Å². The highest BCUT2D eigenvalue weighted by Crippen LogP contribution is 2.42. The number of aromatic nitrogens is 2. The molecule has 0 radical (unpaired) electrons. The molecule has 1 atom stereocenters. The van der Waals surface area contributed by atoms with Gasteiger partial charge in [-0.2, -0.15) is 0 Å². The molecule has 6 nitrogen and oxygen atoms in total. The number of aryl methyl sites for hydroxylation is 1. The number of carbonyl (C=O) groups excluding carboxylic acids is 2. The van der Waals surface area contributed by atoms with Gasteiger partial charge in [-0.1, -0.05) is 36.4 Å². The van der Waals surface area contributed by atoms with Crippen LogP contribution < -0.4 is 4.90 Å². The number of nitrogens with zero attached hydrogens (tertiary/aromatic N) is 4. The number of imide groups is 1. The van der Waals surface area contributed by atoms with Gasteiger partial charge in [0.25, 0.3) is 11.8 Å². The van der Waals surface area contributed by atoms with Crippen LogP contribution in [-0.4, -0.2) is 44.5 Å². The summed E-state index contributed by atoms with van der Waals surface area (Å²) >= 11 is 0. The van der Waals surface area contributed by atoms with Crippen LogP contribution in [0.1, 0.15) is 56.6 Å². The van der Waals surface area contributed by atoms with Gasteiger partial charge in [0.05, 0.1) is 16.8 Å². The Labute approximate surface area is 236 Å². The number of halogens is 1. The average Bonchev–Trinajstić information content (AvgIpc) is 3.50. The number of benzene rings is 1. The Hall–Kier alpha value is -3.35. The highest BCUT2D eigenvalue weighted by Gasteiger charge is 2.39. The van der Waals surface area contributed by atoms with Crippen molar-refractivity contribution in [3.8, 4) is 0 Å². The molecule has 0 spiro atoms. The number of rotatable bonds is 6. The zero-order valence-corrected chi connectivity index (χ0v) is 24.2. The third kappa shape index (κ3) is 4.40. The van der Waals surface area contributed by atoms with Gasteiger partial charge in [-0.05, 0) is 58.9 Å². The Morgan fingerprint density at radius 2 is 1.79 bits per heavy atom. The lowest BCUT2D eigenvalue weighted by Gasteiger charge is -2.34. The first-order valence-corrected chi connectivity index (χ1v) is 13.8. The van der Waals surface area contributed by atoms with E-state index in [-0.39, 0.29) is 24.2 Å². The van der Waals surface area contributed by atoms with Crippen molar-refractivity contribution in [1.82, 2.24) is 14.0 Å². The van der Waals surface area contributed by atoms with Gasteiger partial charge in [0.2, 0.25) is 0 Å². The predicted octanol–water partition coefficient (Wildman–Crippen LogP) is 6.08. The number of anilines is 1. The number of amides is 2. The predicted molar refractivity (Wildman–Crippen MR) is 162 cm³/mol. The summed E-state index contributed by atoms with van der Waals surface area (Å²) in [5, 5.41) is 0.934. The van der Waals surface area contributed by atoms with E-state index in [1.54, 1.807) is 0 Å². The molecule has 0 fully saturated rings. The molecular formula is C32H37ClN4O2. The number of hydrogen-bond donors (Lipinski definition) is 0. The summed E-state index contributed by atoms with van der Waals surface area (Å²) in [4.78, 5) is 31.6. The van der Waals surface area contributed by atoms with Crippen molar-refractivity contribution in [3.05, 3.63) is 71.2 Å². The lowest BCUT2D eigenvalue weighted by Crippen LogP contribution is -2.41. The van der Waals surface area contributed by atoms with Crippen LogP contribution in [-0.2, 0) is 29.5 Å². The van der Waals surface area contributed by atoms with Crippen LogP contribution in [0.5, 0.6) is 0 Å². The molecule has 204 valence electrons. The second-order valence-corrected chi connectivity index (χ2v) is 11.4. The maximum atomic E-state index is 14.0. The van der Waals surface area contributed by atoms with Crippen LogP contribution in [0.25, 0.3) is 28.8 Å². The summed E-state index contributed by atoms with van der Waals surface area (Å²) in [5.41, 5.74) is 6.37. The molecule has 3 aliphatic rings. The molecule has 2 amide bonds. The van der Waals surface area contributed by atoms with Crippen LogP contribution in [0, 0.1) is 5.92 Å². The minimum absolute atomic E-state index is 0. The molecule has 2 aromatic heterocycles. The van der Waals surface area contributed by atoms with Crippen LogP contribution in [0.4, 0.5) is 5.69 Å². The largest absolute Gasteiger partial charge is 0.353 e. The summed E-state index contributed by atoms with van der Waals surface area (Å²) in [6.07, 6.45) is 14.9. The van der Waals surface area contributed by atoms with Gasteiger partial charge in [0.15, 0.2) is 0 Å². The minimum Gasteiger partial charge on any atom is -0.353 e. The highest BCUT2D eigenvalue weighted by atomic mass is 35.5. The molecule has 0 N–H and O–H groups in total. The van der Waals surface area contributed by atoms with Crippen LogP contribution in [0.2, 0.25) is 0 Å². The third-order valence-corrected chi connectivity index (χ3v) is 8.33. The number of carbonyl (C=O) groups is 2. The maximum Gasteiger partial charge on any atom is 0.266 e. The van der Waals surface area contributed by atoms with Crippen molar-refractivity contribution in [3.63, 3.8) is 0 Å². The summed E-state index contributed by atoms with van der Waals surface area (Å²) in [6, 6.07) is 8.97. The average molecular weight is 545 g/mol. The van der Waals surface area contributed by atoms with Gasteiger partial charge >= 0.3 is 0 Å². The maximum absolute atomic E-state index is 14.0. The van der Waals surface area contributed by atoms with E-state index in [1.165, 1.54) is 16.7 Å². The van der Waals surface area contributed by atoms with Crippen LogP contribution >= 0.6 is 12.4 Å². The lowest BCUT2D eigenvalue weighted by atomic mass is 9.97.